The molecule has 0 aliphatic carbocycles. The number of phenolic OH excluding ortho intramolecular Hbond substituents is 1. The molecular weight excluding hydrogens is 284 g/mol. The SMILES string of the molecule is O=C(O)c1ccc(F)c(NC(=O)c2ccc(F)cc2O)c1. The summed E-state index contributed by atoms with van der Waals surface area (Å²) in [7, 11) is 0. The number of hydrogen-bond acceptors (Lipinski definition) is 3. The third-order valence-electron chi connectivity index (χ3n) is 2.67. The fraction of sp³-hybridized carbons (Fsp3) is 0. The predicted octanol–water partition coefficient (Wildman–Crippen LogP) is 2.62. The number of anilines is 1. The maximum atomic E-state index is 13.5. The Kier molecular flexibility index (Phi) is 3.84. The van der Waals surface area contributed by atoms with E-state index in [0.29, 0.717) is 0 Å². The molecule has 108 valence electrons. The van der Waals surface area contributed by atoms with Crippen molar-refractivity contribution in [1.82, 2.24) is 0 Å². The Labute approximate surface area is 117 Å². The number of carboxylic acid groups (broad SMARTS) is 1. The highest BCUT2D eigenvalue weighted by molar-refractivity contribution is 6.06. The molecule has 0 heterocycles. The molecule has 0 spiro atoms. The molecule has 0 atom stereocenters. The van der Waals surface area contributed by atoms with Crippen LogP contribution in [-0.4, -0.2) is 22.1 Å². The number of hydrogen-bond donors (Lipinski definition) is 3. The minimum atomic E-state index is -1.28. The van der Waals surface area contributed by atoms with Crippen LogP contribution in [-0.2, 0) is 0 Å². The summed E-state index contributed by atoms with van der Waals surface area (Å²) in [5.74, 6) is -4.36. The summed E-state index contributed by atoms with van der Waals surface area (Å²) in [5, 5.41) is 20.4. The number of phenols is 1. The van der Waals surface area contributed by atoms with Crippen LogP contribution < -0.4 is 5.32 Å². The topological polar surface area (TPSA) is 86.6 Å². The van der Waals surface area contributed by atoms with E-state index >= 15 is 0 Å². The molecule has 0 aliphatic heterocycles. The first-order valence-corrected chi connectivity index (χ1v) is 5.71. The van der Waals surface area contributed by atoms with Gasteiger partial charge in [0.05, 0.1) is 16.8 Å². The Morgan fingerprint density at radius 2 is 1.76 bits per heavy atom. The Bertz CT molecular complexity index is 731. The second kappa shape index (κ2) is 5.58. The number of halogens is 2. The number of amides is 1. The number of carbonyl (C=O) groups is 2. The molecule has 0 bridgehead atoms. The molecule has 1 amide bonds. The van der Waals surface area contributed by atoms with Gasteiger partial charge in [-0.3, -0.25) is 4.79 Å². The van der Waals surface area contributed by atoms with Crippen molar-refractivity contribution in [2.24, 2.45) is 0 Å². The highest BCUT2D eigenvalue weighted by Gasteiger charge is 2.15. The molecule has 2 aromatic carbocycles. The molecule has 0 fully saturated rings. The maximum absolute atomic E-state index is 13.5. The van der Waals surface area contributed by atoms with Gasteiger partial charge in [0, 0.05) is 6.07 Å². The lowest BCUT2D eigenvalue weighted by molar-refractivity contribution is 0.0696. The van der Waals surface area contributed by atoms with Gasteiger partial charge in [0.2, 0.25) is 0 Å². The van der Waals surface area contributed by atoms with Gasteiger partial charge in [-0.2, -0.15) is 0 Å². The smallest absolute Gasteiger partial charge is 0.335 e. The van der Waals surface area contributed by atoms with Gasteiger partial charge < -0.3 is 15.5 Å². The molecule has 3 N–H and O–H groups in total. The van der Waals surface area contributed by atoms with Gasteiger partial charge in [0.1, 0.15) is 17.4 Å². The number of rotatable bonds is 3. The van der Waals surface area contributed by atoms with Crippen LogP contribution in [0.3, 0.4) is 0 Å². The van der Waals surface area contributed by atoms with Gasteiger partial charge in [-0.05, 0) is 30.3 Å². The van der Waals surface area contributed by atoms with Crippen molar-refractivity contribution < 1.29 is 28.6 Å². The second-order valence-electron chi connectivity index (χ2n) is 4.12. The van der Waals surface area contributed by atoms with Gasteiger partial charge in [0.25, 0.3) is 5.91 Å². The third-order valence-corrected chi connectivity index (χ3v) is 2.67. The minimum absolute atomic E-state index is 0.213. The monoisotopic (exact) mass is 293 g/mol. The average molecular weight is 293 g/mol. The largest absolute Gasteiger partial charge is 0.507 e. The van der Waals surface area contributed by atoms with Gasteiger partial charge in [0.15, 0.2) is 0 Å². The first kappa shape index (κ1) is 14.4. The van der Waals surface area contributed by atoms with Crippen molar-refractivity contribution >= 4 is 17.6 Å². The highest BCUT2D eigenvalue weighted by atomic mass is 19.1. The first-order chi connectivity index (χ1) is 9.88. The summed E-state index contributed by atoms with van der Waals surface area (Å²) < 4.78 is 26.4. The molecule has 0 aromatic heterocycles. The lowest BCUT2D eigenvalue weighted by Crippen LogP contribution is -2.14. The number of carbonyl (C=O) groups excluding carboxylic acids is 1. The molecule has 2 aromatic rings. The van der Waals surface area contributed by atoms with Crippen LogP contribution in [0.15, 0.2) is 36.4 Å². The molecule has 0 aliphatic rings. The van der Waals surface area contributed by atoms with E-state index in [-0.39, 0.29) is 16.8 Å². The van der Waals surface area contributed by atoms with Crippen molar-refractivity contribution in [3.05, 3.63) is 59.2 Å². The molecule has 2 rings (SSSR count). The number of carboxylic acids is 1. The number of aromatic hydroxyl groups is 1. The fourth-order valence-electron chi connectivity index (χ4n) is 1.64. The summed E-state index contributed by atoms with van der Waals surface area (Å²) in [6.45, 7) is 0. The summed E-state index contributed by atoms with van der Waals surface area (Å²) in [4.78, 5) is 22.7. The Hall–Kier alpha value is -2.96. The van der Waals surface area contributed by atoms with Crippen LogP contribution in [0.1, 0.15) is 20.7 Å². The van der Waals surface area contributed by atoms with E-state index in [0.717, 1.165) is 36.4 Å². The van der Waals surface area contributed by atoms with Gasteiger partial charge in [-0.15, -0.1) is 0 Å². The fourth-order valence-corrected chi connectivity index (χ4v) is 1.64. The summed E-state index contributed by atoms with van der Waals surface area (Å²) in [6, 6.07) is 5.60. The number of benzene rings is 2. The second-order valence-corrected chi connectivity index (χ2v) is 4.12. The first-order valence-electron chi connectivity index (χ1n) is 5.71. The molecule has 0 saturated carbocycles. The minimum Gasteiger partial charge on any atom is -0.507 e. The van der Waals surface area contributed by atoms with Crippen LogP contribution in [0.4, 0.5) is 14.5 Å². The van der Waals surface area contributed by atoms with Crippen molar-refractivity contribution in [3.8, 4) is 5.75 Å². The van der Waals surface area contributed by atoms with E-state index < -0.39 is 29.3 Å². The van der Waals surface area contributed by atoms with E-state index in [1.807, 2.05) is 0 Å². The molecule has 0 unspecified atom stereocenters. The maximum Gasteiger partial charge on any atom is 0.335 e. The van der Waals surface area contributed by atoms with Crippen molar-refractivity contribution in [2.75, 3.05) is 5.32 Å². The van der Waals surface area contributed by atoms with Crippen LogP contribution in [0.5, 0.6) is 5.75 Å². The van der Waals surface area contributed by atoms with Crippen LogP contribution in [0.2, 0.25) is 0 Å². The number of aromatic carboxylic acids is 1. The van der Waals surface area contributed by atoms with Gasteiger partial charge in [-0.25, -0.2) is 13.6 Å². The standard InChI is InChI=1S/C14H9F2NO4/c15-8-2-3-9(12(18)6-8)13(19)17-11-5-7(14(20)21)1-4-10(11)16/h1-6,18H,(H,17,19)(H,20,21). The average Bonchev–Trinajstić information content (AvgIpc) is 2.40. The zero-order chi connectivity index (χ0) is 15.6. The molecule has 0 radical (unpaired) electrons. The summed E-state index contributed by atoms with van der Waals surface area (Å²) in [6.07, 6.45) is 0. The Morgan fingerprint density at radius 3 is 2.38 bits per heavy atom. The lowest BCUT2D eigenvalue weighted by atomic mass is 10.1. The summed E-state index contributed by atoms with van der Waals surface area (Å²) in [5.41, 5.74) is -0.838. The van der Waals surface area contributed by atoms with Crippen LogP contribution in [0, 0.1) is 11.6 Å². The lowest BCUT2D eigenvalue weighted by Gasteiger charge is -2.08. The van der Waals surface area contributed by atoms with Gasteiger partial charge >= 0.3 is 5.97 Å². The molecule has 5 nitrogen and oxygen atoms in total. The molecular formula is C14H9F2NO4. The van der Waals surface area contributed by atoms with E-state index in [4.69, 9.17) is 5.11 Å². The summed E-state index contributed by atoms with van der Waals surface area (Å²) >= 11 is 0. The van der Waals surface area contributed by atoms with E-state index in [1.54, 1.807) is 0 Å². The van der Waals surface area contributed by atoms with E-state index in [2.05, 4.69) is 5.32 Å². The Morgan fingerprint density at radius 1 is 1.05 bits per heavy atom. The van der Waals surface area contributed by atoms with Crippen molar-refractivity contribution in [3.63, 3.8) is 0 Å². The molecule has 7 heteroatoms. The van der Waals surface area contributed by atoms with Crippen molar-refractivity contribution in [1.29, 1.82) is 0 Å². The zero-order valence-corrected chi connectivity index (χ0v) is 10.4. The predicted molar refractivity (Wildman–Crippen MR) is 69.4 cm³/mol. The zero-order valence-electron chi connectivity index (χ0n) is 10.4. The molecule has 21 heavy (non-hydrogen) atoms. The quantitative estimate of drug-likeness (QED) is 0.812. The van der Waals surface area contributed by atoms with Crippen LogP contribution >= 0.6 is 0 Å². The van der Waals surface area contributed by atoms with Crippen molar-refractivity contribution in [2.45, 2.75) is 0 Å². The van der Waals surface area contributed by atoms with Gasteiger partial charge in [-0.1, -0.05) is 0 Å². The normalized spacial score (nSPS) is 10.2. The Balaban J connectivity index is 2.31. The van der Waals surface area contributed by atoms with E-state index in [1.165, 1.54) is 0 Å². The van der Waals surface area contributed by atoms with E-state index in [9.17, 15) is 23.5 Å². The van der Waals surface area contributed by atoms with Crippen LogP contribution in [0.25, 0.3) is 0 Å². The third kappa shape index (κ3) is 3.14. The highest BCUT2D eigenvalue weighted by Crippen LogP contribution is 2.21. The molecule has 0 saturated heterocycles. The number of nitrogens with one attached hydrogen (secondary N) is 1.